The van der Waals surface area contributed by atoms with Gasteiger partial charge in [-0.05, 0) is 0 Å². The Morgan fingerprint density at radius 3 is 1.78 bits per heavy atom. The van der Waals surface area contributed by atoms with Gasteiger partial charge in [0.2, 0.25) is 0 Å². The molecule has 0 unspecified atom stereocenters. The lowest BCUT2D eigenvalue weighted by atomic mass is 10.7. The van der Waals surface area contributed by atoms with Crippen molar-refractivity contribution in [2.75, 3.05) is 35.2 Å². The van der Waals surface area contributed by atoms with E-state index in [-0.39, 0.29) is 0 Å². The van der Waals surface area contributed by atoms with E-state index in [1.807, 2.05) is 44.7 Å². The second-order valence-electron chi connectivity index (χ2n) is 2.36. The van der Waals surface area contributed by atoms with Crippen LogP contribution in [-0.4, -0.2) is 50.7 Å². The largest absolute Gasteiger partial charge is 0.347 e. The van der Waals surface area contributed by atoms with Crippen LogP contribution in [0.15, 0.2) is 0 Å². The average molecular weight is 130 g/mol. The lowest BCUT2D eigenvalue weighted by molar-refractivity contribution is -0.472. The summed E-state index contributed by atoms with van der Waals surface area (Å²) in [5, 5.41) is 3.07. The van der Waals surface area contributed by atoms with E-state index >= 15 is 0 Å². The number of guanidine groups is 1. The molecule has 3 heteroatoms. The molecule has 0 saturated carbocycles. The third-order valence-corrected chi connectivity index (χ3v) is 1.07. The van der Waals surface area contributed by atoms with Crippen molar-refractivity contribution in [1.29, 1.82) is 0 Å². The molecule has 0 aromatic rings. The van der Waals surface area contributed by atoms with Gasteiger partial charge in [-0.3, -0.25) is 14.8 Å². The molecule has 0 amide bonds. The molecule has 1 N–H and O–H groups in total. The van der Waals surface area contributed by atoms with Gasteiger partial charge >= 0.3 is 5.96 Å². The molecule has 0 radical (unpaired) electrons. The van der Waals surface area contributed by atoms with E-state index in [4.69, 9.17) is 0 Å². The van der Waals surface area contributed by atoms with Gasteiger partial charge in [-0.25, -0.2) is 0 Å². The molecule has 0 saturated heterocycles. The normalized spacial score (nSPS) is 8.56. The minimum absolute atomic E-state index is 1.11. The zero-order valence-corrected chi connectivity index (χ0v) is 6.89. The molecule has 0 atom stereocenters. The van der Waals surface area contributed by atoms with Gasteiger partial charge in [0.05, 0.1) is 35.2 Å². The van der Waals surface area contributed by atoms with Crippen molar-refractivity contribution in [3.8, 4) is 0 Å². The van der Waals surface area contributed by atoms with Crippen molar-refractivity contribution in [2.45, 2.75) is 0 Å². The van der Waals surface area contributed by atoms with Crippen molar-refractivity contribution >= 4 is 5.96 Å². The number of nitrogens with one attached hydrogen (secondary N) is 1. The number of rotatable bonds is 0. The van der Waals surface area contributed by atoms with Crippen LogP contribution < -0.4 is 5.32 Å². The molecule has 0 aliphatic heterocycles. The summed E-state index contributed by atoms with van der Waals surface area (Å²) in [4.78, 5) is 2.03. The van der Waals surface area contributed by atoms with Crippen LogP contribution in [0.2, 0.25) is 0 Å². The summed E-state index contributed by atoms with van der Waals surface area (Å²) in [6.07, 6.45) is 0. The Labute approximate surface area is 57.0 Å². The molecule has 3 nitrogen and oxygen atoms in total. The Bertz CT molecular complexity index is 111. The van der Waals surface area contributed by atoms with Gasteiger partial charge in [0.15, 0.2) is 0 Å². The maximum atomic E-state index is 3.07. The van der Waals surface area contributed by atoms with E-state index < -0.39 is 0 Å². The highest BCUT2D eigenvalue weighted by Crippen LogP contribution is 1.73. The highest BCUT2D eigenvalue weighted by Gasteiger charge is 2.05. The van der Waals surface area contributed by atoms with Gasteiger partial charge < -0.3 is 0 Å². The van der Waals surface area contributed by atoms with E-state index in [2.05, 4.69) is 5.32 Å². The number of hydrogen-bond donors (Lipinski definition) is 1. The maximum Gasteiger partial charge on any atom is 0.347 e. The molecule has 0 bridgehead atoms. The monoisotopic (exact) mass is 130 g/mol. The van der Waals surface area contributed by atoms with Crippen LogP contribution in [0.5, 0.6) is 0 Å². The van der Waals surface area contributed by atoms with Crippen LogP contribution >= 0.6 is 0 Å². The second kappa shape index (κ2) is 3.33. The first kappa shape index (κ1) is 8.27. The molecular formula is C6H16N3+. The van der Waals surface area contributed by atoms with Crippen LogP contribution in [0.3, 0.4) is 0 Å². The lowest BCUT2D eigenvalue weighted by Gasteiger charge is -2.09. The quantitative estimate of drug-likeness (QED) is 0.268. The molecule has 0 aromatic carbocycles. The summed E-state index contributed by atoms with van der Waals surface area (Å²) in [6, 6.07) is 0. The number of nitrogens with zero attached hydrogens (tertiary/aromatic N) is 2. The summed E-state index contributed by atoms with van der Waals surface area (Å²) >= 11 is 0. The minimum atomic E-state index is 1.11. The SMILES string of the molecule is CNC(N(C)C)=[N+](C)C. The average Bonchev–Trinajstić information content (AvgIpc) is 1.64. The molecule has 9 heavy (non-hydrogen) atoms. The van der Waals surface area contributed by atoms with Crippen molar-refractivity contribution in [3.63, 3.8) is 0 Å². The first-order valence-electron chi connectivity index (χ1n) is 2.99. The highest BCUT2D eigenvalue weighted by atomic mass is 15.3. The smallest absolute Gasteiger partial charge is 0.281 e. The molecule has 0 rings (SSSR count). The molecular weight excluding hydrogens is 114 g/mol. The molecule has 0 aliphatic carbocycles. The van der Waals surface area contributed by atoms with E-state index in [9.17, 15) is 0 Å². The minimum Gasteiger partial charge on any atom is -0.281 e. The van der Waals surface area contributed by atoms with Gasteiger partial charge in [0.25, 0.3) is 0 Å². The molecule has 0 aromatic heterocycles. The Hall–Kier alpha value is -0.730. The van der Waals surface area contributed by atoms with E-state index in [0.717, 1.165) is 5.96 Å². The maximum absolute atomic E-state index is 3.07. The fraction of sp³-hybridized carbons (Fsp3) is 0.833. The molecule has 0 heterocycles. The van der Waals surface area contributed by atoms with Crippen molar-refractivity contribution in [1.82, 2.24) is 10.2 Å². The van der Waals surface area contributed by atoms with Crippen LogP contribution in [0.4, 0.5) is 0 Å². The van der Waals surface area contributed by atoms with E-state index in [1.54, 1.807) is 0 Å². The van der Waals surface area contributed by atoms with Crippen LogP contribution in [0.25, 0.3) is 0 Å². The van der Waals surface area contributed by atoms with E-state index in [0.29, 0.717) is 0 Å². The summed E-state index contributed by atoms with van der Waals surface area (Å²) in [5.74, 6) is 1.11. The summed E-state index contributed by atoms with van der Waals surface area (Å²) in [5.41, 5.74) is 0. The third kappa shape index (κ3) is 2.35. The van der Waals surface area contributed by atoms with Crippen LogP contribution in [0, 0.1) is 0 Å². The van der Waals surface area contributed by atoms with Crippen LogP contribution in [-0.2, 0) is 0 Å². The van der Waals surface area contributed by atoms with Crippen LogP contribution in [0.1, 0.15) is 0 Å². The topological polar surface area (TPSA) is 18.3 Å². The van der Waals surface area contributed by atoms with Gasteiger partial charge in [-0.1, -0.05) is 0 Å². The predicted molar refractivity (Wildman–Crippen MR) is 39.9 cm³/mol. The summed E-state index contributed by atoms with van der Waals surface area (Å²) < 4.78 is 2.03. The fourth-order valence-corrected chi connectivity index (χ4v) is 0.847. The lowest BCUT2D eigenvalue weighted by Crippen LogP contribution is -2.39. The van der Waals surface area contributed by atoms with E-state index in [1.165, 1.54) is 0 Å². The second-order valence-corrected chi connectivity index (χ2v) is 2.36. The molecule has 0 aliphatic rings. The number of hydrogen-bond acceptors (Lipinski definition) is 0. The zero-order valence-electron chi connectivity index (χ0n) is 6.89. The van der Waals surface area contributed by atoms with Crippen molar-refractivity contribution < 1.29 is 4.58 Å². The van der Waals surface area contributed by atoms with Gasteiger partial charge in [-0.15, -0.1) is 0 Å². The summed E-state index contributed by atoms with van der Waals surface area (Å²) in [7, 11) is 9.94. The van der Waals surface area contributed by atoms with Crippen molar-refractivity contribution in [3.05, 3.63) is 0 Å². The Morgan fingerprint density at radius 1 is 1.33 bits per heavy atom. The van der Waals surface area contributed by atoms with Gasteiger partial charge in [0.1, 0.15) is 0 Å². The Balaban J connectivity index is 4.16. The standard InChI is InChI=1S/C6H15N3/c1-7-6(8(2)3)9(4)5/h1-5H3/p+1. The van der Waals surface area contributed by atoms with Gasteiger partial charge in [-0.2, -0.15) is 0 Å². The summed E-state index contributed by atoms with van der Waals surface area (Å²) in [6.45, 7) is 0. The third-order valence-electron chi connectivity index (χ3n) is 1.07. The zero-order chi connectivity index (χ0) is 7.44. The highest BCUT2D eigenvalue weighted by molar-refractivity contribution is 5.73. The predicted octanol–water partition coefficient (Wildman–Crippen LogP) is -0.604. The molecule has 0 spiro atoms. The Kier molecular flexibility index (Phi) is 3.06. The fourth-order valence-electron chi connectivity index (χ4n) is 0.847. The first-order valence-corrected chi connectivity index (χ1v) is 2.99. The molecule has 54 valence electrons. The Morgan fingerprint density at radius 2 is 1.78 bits per heavy atom. The van der Waals surface area contributed by atoms with Gasteiger partial charge in [0, 0.05) is 0 Å². The van der Waals surface area contributed by atoms with Crippen molar-refractivity contribution in [2.24, 2.45) is 0 Å². The molecule has 0 fully saturated rings. The first-order chi connectivity index (χ1) is 4.09.